The van der Waals surface area contributed by atoms with Gasteiger partial charge in [-0.15, -0.1) is 11.3 Å². The largest absolute Gasteiger partial charge is 0.370 e. The average molecular weight is 414 g/mol. The van der Waals surface area contributed by atoms with Crippen LogP contribution in [0.5, 0.6) is 0 Å². The summed E-state index contributed by atoms with van der Waals surface area (Å²) in [5.74, 6) is 0.314. The minimum Gasteiger partial charge on any atom is -0.370 e. The minimum absolute atomic E-state index is 0.0400. The van der Waals surface area contributed by atoms with E-state index in [1.54, 1.807) is 11.3 Å². The summed E-state index contributed by atoms with van der Waals surface area (Å²) in [7, 11) is 0. The first kappa shape index (κ1) is 20.2. The van der Waals surface area contributed by atoms with Gasteiger partial charge in [0.2, 0.25) is 5.91 Å². The number of carbonyl (C=O) groups excluding carboxylic acids is 1. The lowest BCUT2D eigenvalue weighted by atomic mass is 10.1. The van der Waals surface area contributed by atoms with Crippen LogP contribution in [0, 0.1) is 6.92 Å². The number of benzene rings is 2. The van der Waals surface area contributed by atoms with Crippen molar-refractivity contribution in [1.29, 1.82) is 0 Å². The number of aryl methyl sites for hydroxylation is 2. The molecule has 2 heterocycles. The summed E-state index contributed by atoms with van der Waals surface area (Å²) in [4.78, 5) is 22.1. The predicted molar refractivity (Wildman–Crippen MR) is 121 cm³/mol. The van der Waals surface area contributed by atoms with Crippen molar-refractivity contribution in [3.63, 3.8) is 0 Å². The fraction of sp³-hybridized carbons (Fsp3) is 0.238. The van der Waals surface area contributed by atoms with Gasteiger partial charge in [-0.3, -0.25) is 13.9 Å². The number of aromatic nitrogens is 2. The lowest BCUT2D eigenvalue weighted by Crippen LogP contribution is -2.25. The lowest BCUT2D eigenvalue weighted by Gasteiger charge is -2.04. The molecule has 146 valence electrons. The quantitative estimate of drug-likeness (QED) is 0.500. The number of imidazole rings is 1. The van der Waals surface area contributed by atoms with Crippen LogP contribution in [0.15, 0.2) is 52.6 Å². The Bertz CT molecular complexity index is 1180. The van der Waals surface area contributed by atoms with E-state index in [1.165, 1.54) is 28.1 Å². The third kappa shape index (κ3) is 4.00. The maximum Gasteiger partial charge on any atom is 0.329 e. The second-order valence-electron chi connectivity index (χ2n) is 6.55. The SMILES string of the molecule is CC(N)=O.Cc1cccc2scc(Cn3c(=O)n(CCS)c4ccccc43)c12. The average Bonchev–Trinajstić information content (AvgIpc) is 3.18. The molecule has 0 aliphatic carbocycles. The monoisotopic (exact) mass is 413 g/mol. The first-order valence-corrected chi connectivity index (χ1v) is 10.5. The number of thiophene rings is 1. The molecule has 0 spiro atoms. The van der Waals surface area contributed by atoms with E-state index < -0.39 is 0 Å². The zero-order valence-electron chi connectivity index (χ0n) is 15.9. The molecule has 5 nitrogen and oxygen atoms in total. The minimum atomic E-state index is -0.333. The molecular formula is C21H23N3O2S2. The smallest absolute Gasteiger partial charge is 0.329 e. The third-order valence-corrected chi connectivity index (χ3v) is 5.66. The molecule has 0 radical (unpaired) electrons. The highest BCUT2D eigenvalue weighted by Crippen LogP contribution is 2.29. The molecule has 0 bridgehead atoms. The summed E-state index contributed by atoms with van der Waals surface area (Å²) in [6, 6.07) is 14.4. The molecule has 0 aliphatic rings. The van der Waals surface area contributed by atoms with Crippen molar-refractivity contribution in [2.24, 2.45) is 5.73 Å². The zero-order chi connectivity index (χ0) is 20.3. The number of fused-ring (bicyclic) bond motifs is 2. The van der Waals surface area contributed by atoms with E-state index in [2.05, 4.69) is 48.9 Å². The number of carbonyl (C=O) groups is 1. The number of hydrogen-bond acceptors (Lipinski definition) is 4. The van der Waals surface area contributed by atoms with Crippen molar-refractivity contribution in [1.82, 2.24) is 9.13 Å². The standard InChI is InChI=1S/C19H18N2OS2.C2H5NO/c1-13-5-4-8-17-18(13)14(12-24-17)11-21-16-7-3-2-6-15(16)20(9-10-23)19(21)22;1-2(3)4/h2-8,12,23H,9-11H2,1H3;1H3,(H2,3,4). The Morgan fingerprint density at radius 3 is 2.39 bits per heavy atom. The van der Waals surface area contributed by atoms with Crippen LogP contribution >= 0.6 is 24.0 Å². The predicted octanol–water partition coefficient (Wildman–Crippen LogP) is 3.80. The Kier molecular flexibility index (Phi) is 6.26. The summed E-state index contributed by atoms with van der Waals surface area (Å²) >= 11 is 6.04. The highest BCUT2D eigenvalue weighted by molar-refractivity contribution is 7.80. The van der Waals surface area contributed by atoms with Gasteiger partial charge < -0.3 is 5.73 Å². The molecule has 28 heavy (non-hydrogen) atoms. The van der Waals surface area contributed by atoms with E-state index in [0.29, 0.717) is 18.8 Å². The van der Waals surface area contributed by atoms with Gasteiger partial charge >= 0.3 is 5.69 Å². The number of amides is 1. The van der Waals surface area contributed by atoms with Crippen LogP contribution in [-0.2, 0) is 17.9 Å². The molecule has 2 N–H and O–H groups in total. The van der Waals surface area contributed by atoms with Gasteiger partial charge in [0.1, 0.15) is 0 Å². The van der Waals surface area contributed by atoms with Crippen molar-refractivity contribution < 1.29 is 4.79 Å². The Balaban J connectivity index is 0.000000516. The third-order valence-electron chi connectivity index (χ3n) is 4.46. The van der Waals surface area contributed by atoms with Gasteiger partial charge in [0.15, 0.2) is 0 Å². The number of nitrogens with two attached hydrogens (primary N) is 1. The number of para-hydroxylation sites is 2. The van der Waals surface area contributed by atoms with Crippen molar-refractivity contribution in [3.8, 4) is 0 Å². The van der Waals surface area contributed by atoms with Gasteiger partial charge in [-0.2, -0.15) is 12.6 Å². The maximum absolute atomic E-state index is 12.9. The van der Waals surface area contributed by atoms with E-state index in [-0.39, 0.29) is 11.6 Å². The zero-order valence-corrected chi connectivity index (χ0v) is 17.6. The number of primary amides is 1. The van der Waals surface area contributed by atoms with Gasteiger partial charge in [0.05, 0.1) is 17.6 Å². The van der Waals surface area contributed by atoms with Gasteiger partial charge in [0.25, 0.3) is 0 Å². The number of thiol groups is 1. The van der Waals surface area contributed by atoms with Crippen LogP contribution in [-0.4, -0.2) is 20.8 Å². The second kappa shape index (κ2) is 8.67. The fourth-order valence-electron chi connectivity index (χ4n) is 3.37. The first-order chi connectivity index (χ1) is 13.4. The molecule has 0 aliphatic heterocycles. The Labute approximate surface area is 172 Å². The van der Waals surface area contributed by atoms with Crippen LogP contribution in [0.3, 0.4) is 0 Å². The van der Waals surface area contributed by atoms with Crippen LogP contribution in [0.2, 0.25) is 0 Å². The molecule has 0 unspecified atom stereocenters. The van der Waals surface area contributed by atoms with Crippen molar-refractivity contribution >= 4 is 51.0 Å². The Morgan fingerprint density at radius 1 is 1.11 bits per heavy atom. The second-order valence-corrected chi connectivity index (χ2v) is 7.91. The van der Waals surface area contributed by atoms with E-state index in [9.17, 15) is 9.59 Å². The van der Waals surface area contributed by atoms with Crippen molar-refractivity contribution in [2.45, 2.75) is 26.9 Å². The first-order valence-electron chi connectivity index (χ1n) is 8.94. The maximum atomic E-state index is 12.9. The molecular weight excluding hydrogens is 390 g/mol. The summed E-state index contributed by atoms with van der Waals surface area (Å²) < 4.78 is 4.98. The summed E-state index contributed by atoms with van der Waals surface area (Å²) in [6.07, 6.45) is 0. The van der Waals surface area contributed by atoms with Gasteiger partial charge in [-0.1, -0.05) is 24.3 Å². The van der Waals surface area contributed by atoms with Crippen molar-refractivity contribution in [2.75, 3.05) is 5.75 Å². The highest BCUT2D eigenvalue weighted by atomic mass is 32.1. The summed E-state index contributed by atoms with van der Waals surface area (Å²) in [5, 5.41) is 3.45. The summed E-state index contributed by atoms with van der Waals surface area (Å²) in [5.41, 5.74) is 8.95. The molecule has 0 atom stereocenters. The number of hydrogen-bond donors (Lipinski definition) is 2. The lowest BCUT2D eigenvalue weighted by molar-refractivity contribution is -0.115. The van der Waals surface area contributed by atoms with E-state index in [4.69, 9.17) is 0 Å². The highest BCUT2D eigenvalue weighted by Gasteiger charge is 2.14. The molecule has 2 aromatic carbocycles. The molecule has 0 saturated heterocycles. The van der Waals surface area contributed by atoms with Crippen LogP contribution < -0.4 is 11.4 Å². The van der Waals surface area contributed by atoms with Crippen molar-refractivity contribution in [3.05, 3.63) is 69.5 Å². The molecule has 2 aromatic heterocycles. The topological polar surface area (TPSA) is 70.0 Å². The Hall–Kier alpha value is -2.51. The molecule has 0 fully saturated rings. The number of rotatable bonds is 4. The fourth-order valence-corrected chi connectivity index (χ4v) is 4.60. The normalized spacial score (nSPS) is 10.8. The van der Waals surface area contributed by atoms with E-state index in [1.807, 2.05) is 33.4 Å². The molecule has 0 saturated carbocycles. The van der Waals surface area contributed by atoms with Crippen LogP contribution in [0.1, 0.15) is 18.1 Å². The molecule has 4 rings (SSSR count). The summed E-state index contributed by atoms with van der Waals surface area (Å²) in [6.45, 7) is 4.66. The van der Waals surface area contributed by atoms with Gasteiger partial charge in [0, 0.05) is 29.3 Å². The van der Waals surface area contributed by atoms with Gasteiger partial charge in [-0.05, 0) is 41.6 Å². The van der Waals surface area contributed by atoms with Crippen LogP contribution in [0.4, 0.5) is 0 Å². The van der Waals surface area contributed by atoms with E-state index in [0.717, 1.165) is 11.0 Å². The van der Waals surface area contributed by atoms with E-state index >= 15 is 0 Å². The Morgan fingerprint density at radius 2 is 1.75 bits per heavy atom. The number of nitrogens with zero attached hydrogens (tertiary/aromatic N) is 2. The van der Waals surface area contributed by atoms with Gasteiger partial charge in [-0.25, -0.2) is 4.79 Å². The molecule has 7 heteroatoms. The van der Waals surface area contributed by atoms with Crippen LogP contribution in [0.25, 0.3) is 21.1 Å². The molecule has 1 amide bonds. The molecule has 4 aromatic rings.